The highest BCUT2D eigenvalue weighted by Gasteiger charge is 1.90. The minimum atomic E-state index is 0.124. The molecule has 0 N–H and O–H groups in total. The van der Waals surface area contributed by atoms with Crippen LogP contribution in [-0.2, 0) is 9.53 Å². The third-order valence-corrected chi connectivity index (χ3v) is 0.886. The van der Waals surface area contributed by atoms with E-state index in [0.29, 0.717) is 6.42 Å². The van der Waals surface area contributed by atoms with Crippen molar-refractivity contribution < 1.29 is 9.53 Å². The summed E-state index contributed by atoms with van der Waals surface area (Å²) >= 11 is 0. The smallest absolute Gasteiger partial charge is 0.158 e. The number of carbonyl (C=O) groups is 1. The monoisotopic (exact) mass is 128 g/mol. The Hall–Kier alpha value is -0.790. The summed E-state index contributed by atoms with van der Waals surface area (Å²) in [6, 6.07) is 0. The second-order valence-corrected chi connectivity index (χ2v) is 1.75. The quantitative estimate of drug-likeness (QED) is 0.424. The van der Waals surface area contributed by atoms with Crippen molar-refractivity contribution in [2.24, 2.45) is 0 Å². The topological polar surface area (TPSA) is 26.3 Å². The molecule has 0 saturated carbocycles. The van der Waals surface area contributed by atoms with Gasteiger partial charge < -0.3 is 4.74 Å². The van der Waals surface area contributed by atoms with Crippen molar-refractivity contribution in [1.29, 1.82) is 0 Å². The summed E-state index contributed by atoms with van der Waals surface area (Å²) in [6.07, 6.45) is 4.36. The SMILES string of the molecule is CCCC(=O)C=COC. The van der Waals surface area contributed by atoms with Crippen LogP contribution >= 0.6 is 0 Å². The standard InChI is InChI=1S/C7H12O2/c1-3-4-7(8)5-6-9-2/h5-6H,3-4H2,1-2H3. The molecule has 2 nitrogen and oxygen atoms in total. The van der Waals surface area contributed by atoms with Gasteiger partial charge in [-0.3, -0.25) is 4.79 Å². The summed E-state index contributed by atoms with van der Waals surface area (Å²) in [4.78, 5) is 10.6. The summed E-state index contributed by atoms with van der Waals surface area (Å²) < 4.78 is 4.56. The van der Waals surface area contributed by atoms with Crippen molar-refractivity contribution in [3.63, 3.8) is 0 Å². The normalized spacial score (nSPS) is 10.0. The van der Waals surface area contributed by atoms with Crippen LogP contribution in [0.5, 0.6) is 0 Å². The lowest BCUT2D eigenvalue weighted by atomic mass is 10.2. The second-order valence-electron chi connectivity index (χ2n) is 1.75. The van der Waals surface area contributed by atoms with Gasteiger partial charge in [0.05, 0.1) is 13.4 Å². The van der Waals surface area contributed by atoms with E-state index in [2.05, 4.69) is 4.74 Å². The van der Waals surface area contributed by atoms with E-state index in [0.717, 1.165) is 6.42 Å². The largest absolute Gasteiger partial charge is 0.504 e. The molecule has 2 heteroatoms. The van der Waals surface area contributed by atoms with E-state index in [1.165, 1.54) is 19.4 Å². The van der Waals surface area contributed by atoms with Crippen LogP contribution in [0.2, 0.25) is 0 Å². The number of carbonyl (C=O) groups excluding carboxylic acids is 1. The van der Waals surface area contributed by atoms with Gasteiger partial charge in [0.1, 0.15) is 0 Å². The molecule has 0 saturated heterocycles. The van der Waals surface area contributed by atoms with E-state index in [4.69, 9.17) is 0 Å². The van der Waals surface area contributed by atoms with Crippen molar-refractivity contribution in [3.05, 3.63) is 12.3 Å². The molecule has 9 heavy (non-hydrogen) atoms. The summed E-state index contributed by atoms with van der Waals surface area (Å²) in [5.41, 5.74) is 0. The second kappa shape index (κ2) is 5.35. The number of allylic oxidation sites excluding steroid dienone is 1. The Morgan fingerprint density at radius 2 is 2.33 bits per heavy atom. The van der Waals surface area contributed by atoms with Gasteiger partial charge in [-0.1, -0.05) is 6.92 Å². The molecule has 0 aromatic carbocycles. The van der Waals surface area contributed by atoms with Gasteiger partial charge in [0.15, 0.2) is 5.78 Å². The van der Waals surface area contributed by atoms with Gasteiger partial charge in [-0.15, -0.1) is 0 Å². The molecule has 0 fully saturated rings. The van der Waals surface area contributed by atoms with Crippen LogP contribution in [0.3, 0.4) is 0 Å². The maximum absolute atomic E-state index is 10.6. The summed E-state index contributed by atoms with van der Waals surface area (Å²) in [5, 5.41) is 0. The highest BCUT2D eigenvalue weighted by molar-refractivity contribution is 5.89. The van der Waals surface area contributed by atoms with E-state index >= 15 is 0 Å². The van der Waals surface area contributed by atoms with Crippen LogP contribution in [-0.4, -0.2) is 12.9 Å². The summed E-state index contributed by atoms with van der Waals surface area (Å²) in [7, 11) is 1.52. The molecule has 0 atom stereocenters. The molecule has 52 valence electrons. The number of hydrogen-bond acceptors (Lipinski definition) is 2. The highest BCUT2D eigenvalue weighted by atomic mass is 16.5. The van der Waals surface area contributed by atoms with Crippen molar-refractivity contribution in [3.8, 4) is 0 Å². The fraction of sp³-hybridized carbons (Fsp3) is 0.571. The molecule has 0 aromatic rings. The average molecular weight is 128 g/mol. The third-order valence-electron chi connectivity index (χ3n) is 0.886. The molecule has 0 heterocycles. The molecule has 0 bridgehead atoms. The molecular weight excluding hydrogens is 116 g/mol. The lowest BCUT2D eigenvalue weighted by Crippen LogP contribution is -1.89. The Bertz CT molecular complexity index is 105. The molecule has 0 unspecified atom stereocenters. The lowest BCUT2D eigenvalue weighted by Gasteiger charge is -1.87. The predicted molar refractivity (Wildman–Crippen MR) is 36.1 cm³/mol. The van der Waals surface area contributed by atoms with Gasteiger partial charge in [0, 0.05) is 12.5 Å². The van der Waals surface area contributed by atoms with E-state index in [-0.39, 0.29) is 5.78 Å². The fourth-order valence-corrected chi connectivity index (χ4v) is 0.474. The zero-order chi connectivity index (χ0) is 7.11. The zero-order valence-corrected chi connectivity index (χ0v) is 5.89. The first-order valence-electron chi connectivity index (χ1n) is 3.03. The molecule has 0 rings (SSSR count). The highest BCUT2D eigenvalue weighted by Crippen LogP contribution is 1.89. The molecule has 0 aliphatic rings. The van der Waals surface area contributed by atoms with Crippen molar-refractivity contribution >= 4 is 5.78 Å². The molecule has 0 aliphatic heterocycles. The van der Waals surface area contributed by atoms with Crippen LogP contribution in [0, 0.1) is 0 Å². The maximum atomic E-state index is 10.6. The molecule has 0 aromatic heterocycles. The van der Waals surface area contributed by atoms with Crippen LogP contribution < -0.4 is 0 Å². The van der Waals surface area contributed by atoms with Gasteiger partial charge in [-0.2, -0.15) is 0 Å². The van der Waals surface area contributed by atoms with E-state index in [9.17, 15) is 4.79 Å². The number of rotatable bonds is 4. The van der Waals surface area contributed by atoms with Crippen LogP contribution in [0.25, 0.3) is 0 Å². The first-order chi connectivity index (χ1) is 4.31. The van der Waals surface area contributed by atoms with Crippen LogP contribution in [0.4, 0.5) is 0 Å². The van der Waals surface area contributed by atoms with Gasteiger partial charge in [-0.25, -0.2) is 0 Å². The summed E-state index contributed by atoms with van der Waals surface area (Å²) in [6.45, 7) is 1.97. The Morgan fingerprint density at radius 3 is 2.78 bits per heavy atom. The van der Waals surface area contributed by atoms with Gasteiger partial charge in [0.2, 0.25) is 0 Å². The van der Waals surface area contributed by atoms with Crippen molar-refractivity contribution in [2.45, 2.75) is 19.8 Å². The molecular formula is C7H12O2. The minimum absolute atomic E-state index is 0.124. The van der Waals surface area contributed by atoms with Crippen molar-refractivity contribution in [1.82, 2.24) is 0 Å². The Kier molecular flexibility index (Phi) is 4.88. The Labute approximate surface area is 55.5 Å². The van der Waals surface area contributed by atoms with Gasteiger partial charge >= 0.3 is 0 Å². The minimum Gasteiger partial charge on any atom is -0.504 e. The molecule has 0 aliphatic carbocycles. The predicted octanol–water partition coefficient (Wildman–Crippen LogP) is 1.52. The molecule has 0 radical (unpaired) electrons. The first kappa shape index (κ1) is 8.21. The number of ketones is 1. The number of hydrogen-bond donors (Lipinski definition) is 0. The molecule has 0 amide bonds. The van der Waals surface area contributed by atoms with Crippen LogP contribution in [0.15, 0.2) is 12.3 Å². The molecule has 0 spiro atoms. The Morgan fingerprint density at radius 1 is 1.67 bits per heavy atom. The number of ether oxygens (including phenoxy) is 1. The van der Waals surface area contributed by atoms with Gasteiger partial charge in [0.25, 0.3) is 0 Å². The lowest BCUT2D eigenvalue weighted by molar-refractivity contribution is -0.114. The Balaban J connectivity index is 3.37. The van der Waals surface area contributed by atoms with E-state index in [1.54, 1.807) is 0 Å². The summed E-state index contributed by atoms with van der Waals surface area (Å²) in [5.74, 6) is 0.124. The van der Waals surface area contributed by atoms with Crippen molar-refractivity contribution in [2.75, 3.05) is 7.11 Å². The van der Waals surface area contributed by atoms with E-state index < -0.39 is 0 Å². The zero-order valence-electron chi connectivity index (χ0n) is 5.89. The average Bonchev–Trinajstić information content (AvgIpc) is 1.85. The number of methoxy groups -OCH3 is 1. The van der Waals surface area contributed by atoms with E-state index in [1.807, 2.05) is 6.92 Å². The maximum Gasteiger partial charge on any atom is 0.158 e. The van der Waals surface area contributed by atoms with Crippen LogP contribution in [0.1, 0.15) is 19.8 Å². The first-order valence-corrected chi connectivity index (χ1v) is 3.03. The van der Waals surface area contributed by atoms with Gasteiger partial charge in [-0.05, 0) is 6.42 Å². The fourth-order valence-electron chi connectivity index (χ4n) is 0.474. The third kappa shape index (κ3) is 5.07.